The number of likely N-dealkylation sites (tertiary alicyclic amines) is 2. The average molecular weight is 580 g/mol. The fourth-order valence-electron chi connectivity index (χ4n) is 6.55. The van der Waals surface area contributed by atoms with E-state index in [0.717, 1.165) is 36.3 Å². The Balaban J connectivity index is 1.32. The van der Waals surface area contributed by atoms with Gasteiger partial charge in [0.15, 0.2) is 6.29 Å². The lowest BCUT2D eigenvalue weighted by Gasteiger charge is -2.43. The number of ether oxygens (including phenoxy) is 2. The van der Waals surface area contributed by atoms with E-state index in [1.807, 2.05) is 48.5 Å². The highest BCUT2D eigenvalue weighted by Gasteiger charge is 2.41. The molecule has 2 aromatic rings. The number of carboxylic acid groups (broad SMARTS) is 1. The third-order valence-corrected chi connectivity index (χ3v) is 8.94. The van der Waals surface area contributed by atoms with Crippen molar-refractivity contribution in [2.75, 3.05) is 38.0 Å². The second-order valence-corrected chi connectivity index (χ2v) is 12.0. The van der Waals surface area contributed by atoms with Crippen LogP contribution in [-0.4, -0.2) is 76.8 Å². The minimum Gasteiger partial charge on any atom is -0.481 e. The molecule has 5 atom stereocenters. The Morgan fingerprint density at radius 2 is 1.74 bits per heavy atom. The standard InChI is InChI=1S/C33H45N3O6/c1-23-29(21-36-18-6-9-28(36)20-35-16-2-3-17-35)41-33(42-32(23)25-14-12-24(22-37)13-15-25)26-7-4-8-27(19-26)34-30(38)10-5-11-31(39)40/h4,7-8,12-15,19,23,28-29,32-33,37H,2-3,5-6,9-11,16-18,20-22H2,1H3,(H,34,38)(H,39,40)/t23-,28+,29+,32+,33+/m1/s1. The molecule has 3 fully saturated rings. The molecule has 3 aliphatic rings. The maximum atomic E-state index is 12.4. The van der Waals surface area contributed by atoms with Crippen molar-refractivity contribution in [1.29, 1.82) is 0 Å². The average Bonchev–Trinajstić information content (AvgIpc) is 3.66. The van der Waals surface area contributed by atoms with Crippen molar-refractivity contribution < 1.29 is 29.3 Å². The number of aliphatic carboxylic acids is 1. The minimum atomic E-state index is -0.906. The van der Waals surface area contributed by atoms with Gasteiger partial charge in [0, 0.05) is 49.1 Å². The lowest BCUT2D eigenvalue weighted by molar-refractivity contribution is -0.276. The lowest BCUT2D eigenvalue weighted by Crippen LogP contribution is -2.48. The van der Waals surface area contributed by atoms with E-state index < -0.39 is 12.3 Å². The fraction of sp³-hybridized carbons (Fsp3) is 0.576. The van der Waals surface area contributed by atoms with Gasteiger partial charge in [-0.05, 0) is 75.0 Å². The number of carboxylic acids is 1. The molecule has 1 amide bonds. The molecule has 0 radical (unpaired) electrons. The van der Waals surface area contributed by atoms with Crippen molar-refractivity contribution in [1.82, 2.24) is 9.80 Å². The van der Waals surface area contributed by atoms with Crippen molar-refractivity contribution in [3.63, 3.8) is 0 Å². The molecule has 3 heterocycles. The first-order chi connectivity index (χ1) is 20.4. The van der Waals surface area contributed by atoms with Crippen molar-refractivity contribution in [3.05, 3.63) is 65.2 Å². The Kier molecular flexibility index (Phi) is 10.6. The van der Waals surface area contributed by atoms with E-state index in [2.05, 4.69) is 22.0 Å². The Morgan fingerprint density at radius 1 is 0.952 bits per heavy atom. The molecule has 3 saturated heterocycles. The van der Waals surface area contributed by atoms with Crippen LogP contribution in [0.3, 0.4) is 0 Å². The van der Waals surface area contributed by atoms with Crippen LogP contribution in [-0.2, 0) is 25.7 Å². The molecule has 0 aromatic heterocycles. The zero-order chi connectivity index (χ0) is 29.5. The zero-order valence-electron chi connectivity index (χ0n) is 24.6. The second-order valence-electron chi connectivity index (χ2n) is 12.0. The number of benzene rings is 2. The summed E-state index contributed by atoms with van der Waals surface area (Å²) in [5.74, 6) is -1.02. The molecule has 9 nitrogen and oxygen atoms in total. The summed E-state index contributed by atoms with van der Waals surface area (Å²) < 4.78 is 13.4. The normalized spacial score (nSPS) is 26.9. The highest BCUT2D eigenvalue weighted by Crippen LogP contribution is 2.42. The van der Waals surface area contributed by atoms with Crippen molar-refractivity contribution >= 4 is 17.6 Å². The maximum Gasteiger partial charge on any atom is 0.303 e. The smallest absolute Gasteiger partial charge is 0.303 e. The lowest BCUT2D eigenvalue weighted by atomic mass is 9.90. The van der Waals surface area contributed by atoms with Gasteiger partial charge in [0.1, 0.15) is 0 Å². The predicted molar refractivity (Wildman–Crippen MR) is 160 cm³/mol. The molecule has 5 rings (SSSR count). The van der Waals surface area contributed by atoms with Crippen LogP contribution in [0.1, 0.15) is 81.0 Å². The Morgan fingerprint density at radius 3 is 2.48 bits per heavy atom. The number of aliphatic hydroxyl groups is 1. The van der Waals surface area contributed by atoms with Crippen LogP contribution < -0.4 is 5.32 Å². The SMILES string of the molecule is C[C@@H]1[C@H](CN2CCC[C@H]2CN2CCCC2)O[C@H](c2cccc(NC(=O)CCCC(=O)O)c2)O[C@@H]1c1ccc(CO)cc1. The highest BCUT2D eigenvalue weighted by molar-refractivity contribution is 5.90. The molecule has 3 aliphatic heterocycles. The first-order valence-electron chi connectivity index (χ1n) is 15.5. The third kappa shape index (κ3) is 7.96. The quantitative estimate of drug-likeness (QED) is 0.331. The Bertz CT molecular complexity index is 1180. The summed E-state index contributed by atoms with van der Waals surface area (Å²) in [4.78, 5) is 28.4. The first-order valence-corrected chi connectivity index (χ1v) is 15.5. The van der Waals surface area contributed by atoms with E-state index >= 15 is 0 Å². The summed E-state index contributed by atoms with van der Waals surface area (Å²) in [6, 6.07) is 16.0. The monoisotopic (exact) mass is 579 g/mol. The number of amides is 1. The second kappa shape index (κ2) is 14.6. The minimum absolute atomic E-state index is 0.00208. The van der Waals surface area contributed by atoms with Gasteiger partial charge in [-0.2, -0.15) is 0 Å². The van der Waals surface area contributed by atoms with Gasteiger partial charge in [-0.3, -0.25) is 14.5 Å². The largest absolute Gasteiger partial charge is 0.481 e. The molecule has 42 heavy (non-hydrogen) atoms. The van der Waals surface area contributed by atoms with Gasteiger partial charge in [-0.1, -0.05) is 43.3 Å². The van der Waals surface area contributed by atoms with Crippen molar-refractivity contribution in [2.45, 2.75) is 83.0 Å². The molecule has 0 bridgehead atoms. The third-order valence-electron chi connectivity index (χ3n) is 8.94. The van der Waals surface area contributed by atoms with E-state index in [1.165, 1.54) is 38.8 Å². The Hall–Kier alpha value is -2.82. The number of carbonyl (C=O) groups is 2. The Labute approximate surface area is 248 Å². The zero-order valence-corrected chi connectivity index (χ0v) is 24.6. The van der Waals surface area contributed by atoms with Gasteiger partial charge in [-0.15, -0.1) is 0 Å². The van der Waals surface area contributed by atoms with Crippen LogP contribution in [0.2, 0.25) is 0 Å². The summed E-state index contributed by atoms with van der Waals surface area (Å²) >= 11 is 0. The van der Waals surface area contributed by atoms with Crippen LogP contribution in [0.25, 0.3) is 0 Å². The number of hydrogen-bond acceptors (Lipinski definition) is 7. The van der Waals surface area contributed by atoms with Gasteiger partial charge in [0.05, 0.1) is 18.8 Å². The highest BCUT2D eigenvalue weighted by atomic mass is 16.7. The molecule has 0 unspecified atom stereocenters. The van der Waals surface area contributed by atoms with Crippen LogP contribution in [0.4, 0.5) is 5.69 Å². The van der Waals surface area contributed by atoms with E-state index in [9.17, 15) is 14.7 Å². The number of carbonyl (C=O) groups excluding carboxylic acids is 1. The van der Waals surface area contributed by atoms with Gasteiger partial charge in [0.2, 0.25) is 5.91 Å². The van der Waals surface area contributed by atoms with Gasteiger partial charge in [-0.25, -0.2) is 0 Å². The fourth-order valence-corrected chi connectivity index (χ4v) is 6.55. The number of aliphatic hydroxyl groups excluding tert-OH is 1. The van der Waals surface area contributed by atoms with Crippen LogP contribution in [0.5, 0.6) is 0 Å². The number of nitrogens with zero attached hydrogens (tertiary/aromatic N) is 2. The molecular weight excluding hydrogens is 534 g/mol. The number of nitrogens with one attached hydrogen (secondary N) is 1. The van der Waals surface area contributed by atoms with E-state index in [0.29, 0.717) is 18.2 Å². The van der Waals surface area contributed by atoms with Gasteiger partial charge in [0.25, 0.3) is 0 Å². The first kappa shape index (κ1) is 30.6. The summed E-state index contributed by atoms with van der Waals surface area (Å²) in [5, 5.41) is 21.3. The van der Waals surface area contributed by atoms with E-state index in [4.69, 9.17) is 14.6 Å². The molecule has 0 spiro atoms. The van der Waals surface area contributed by atoms with Crippen LogP contribution >= 0.6 is 0 Å². The summed E-state index contributed by atoms with van der Waals surface area (Å²) in [6.45, 7) is 7.65. The van der Waals surface area contributed by atoms with Crippen molar-refractivity contribution in [3.8, 4) is 0 Å². The topological polar surface area (TPSA) is 112 Å². The molecular formula is C33H45N3O6. The number of hydrogen-bond donors (Lipinski definition) is 3. The molecule has 228 valence electrons. The maximum absolute atomic E-state index is 12.4. The molecule has 2 aromatic carbocycles. The number of anilines is 1. The molecule has 3 N–H and O–H groups in total. The predicted octanol–water partition coefficient (Wildman–Crippen LogP) is 4.72. The van der Waals surface area contributed by atoms with Gasteiger partial charge >= 0.3 is 5.97 Å². The van der Waals surface area contributed by atoms with Crippen molar-refractivity contribution in [2.24, 2.45) is 5.92 Å². The molecule has 9 heteroatoms. The van der Waals surface area contributed by atoms with Crippen LogP contribution in [0.15, 0.2) is 48.5 Å². The number of rotatable bonds is 12. The summed E-state index contributed by atoms with van der Waals surface area (Å²) in [6.07, 6.45) is 4.56. The molecule has 0 saturated carbocycles. The summed E-state index contributed by atoms with van der Waals surface area (Å²) in [5.41, 5.74) is 3.36. The van der Waals surface area contributed by atoms with Gasteiger partial charge < -0.3 is 29.9 Å². The molecule has 0 aliphatic carbocycles. The van der Waals surface area contributed by atoms with E-state index in [-0.39, 0.29) is 43.5 Å². The van der Waals surface area contributed by atoms with E-state index in [1.54, 1.807) is 0 Å². The summed E-state index contributed by atoms with van der Waals surface area (Å²) in [7, 11) is 0. The van der Waals surface area contributed by atoms with Crippen LogP contribution in [0, 0.1) is 5.92 Å².